The molecule has 4 heterocycles. The Morgan fingerprint density at radius 2 is 1.88 bits per heavy atom. The van der Waals surface area contributed by atoms with E-state index in [0.717, 1.165) is 67.8 Å². The number of hydrogen-bond acceptors (Lipinski definition) is 8. The molecular formula is C25H31N3O5S. The van der Waals surface area contributed by atoms with Crippen molar-refractivity contribution < 1.29 is 23.1 Å². The molecule has 0 saturated carbocycles. The third-order valence-electron chi connectivity index (χ3n) is 7.82. The van der Waals surface area contributed by atoms with Gasteiger partial charge in [-0.05, 0) is 74.0 Å². The molecule has 1 unspecified atom stereocenters. The number of esters is 1. The van der Waals surface area contributed by atoms with Crippen LogP contribution in [0.5, 0.6) is 0 Å². The number of fused-ring (bicyclic) bond motifs is 1. The van der Waals surface area contributed by atoms with E-state index in [1.54, 1.807) is 18.3 Å². The van der Waals surface area contributed by atoms with E-state index in [1.807, 2.05) is 19.1 Å². The monoisotopic (exact) mass is 485 g/mol. The van der Waals surface area contributed by atoms with Crippen LogP contribution in [0.4, 0.5) is 5.69 Å². The van der Waals surface area contributed by atoms with E-state index in [-0.39, 0.29) is 23.0 Å². The van der Waals surface area contributed by atoms with E-state index < -0.39 is 15.9 Å². The molecule has 2 aromatic rings. The Labute approximate surface area is 200 Å². The van der Waals surface area contributed by atoms with Gasteiger partial charge in [-0.3, -0.25) is 0 Å². The molecule has 2 fully saturated rings. The first-order valence-electron chi connectivity index (χ1n) is 11.8. The fraction of sp³-hybridized carbons (Fsp3) is 0.520. The molecule has 5 rings (SSSR count). The van der Waals surface area contributed by atoms with Crippen molar-refractivity contribution in [2.45, 2.75) is 43.9 Å². The minimum Gasteiger partial charge on any atom is -0.457 e. The third-order valence-corrected chi connectivity index (χ3v) is 8.82. The molecule has 1 aromatic carbocycles. The van der Waals surface area contributed by atoms with E-state index in [4.69, 9.17) is 4.74 Å². The van der Waals surface area contributed by atoms with E-state index >= 15 is 0 Å². The van der Waals surface area contributed by atoms with Crippen molar-refractivity contribution in [3.63, 3.8) is 0 Å². The maximum absolute atomic E-state index is 11.8. The third kappa shape index (κ3) is 4.32. The summed E-state index contributed by atoms with van der Waals surface area (Å²) in [6.07, 6.45) is 5.47. The number of aliphatic hydroxyl groups is 1. The van der Waals surface area contributed by atoms with Crippen LogP contribution < -0.4 is 4.90 Å². The zero-order chi connectivity index (χ0) is 24.1. The number of ether oxygens (including phenoxy) is 1. The lowest BCUT2D eigenvalue weighted by atomic mass is 9.77. The SMILES string of the molecule is Cc1c(C(O)CN2CCC3(CC2)CCN(c2ccc(S(C)(=O)=O)nc2)C3)ccc2c1COC2=O. The van der Waals surface area contributed by atoms with Crippen LogP contribution in [-0.2, 0) is 21.2 Å². The largest absolute Gasteiger partial charge is 0.457 e. The zero-order valence-electron chi connectivity index (χ0n) is 19.7. The molecule has 3 aliphatic rings. The maximum Gasteiger partial charge on any atom is 0.338 e. The highest BCUT2D eigenvalue weighted by Gasteiger charge is 2.41. The van der Waals surface area contributed by atoms with Crippen molar-refractivity contribution in [1.82, 2.24) is 9.88 Å². The average molecular weight is 486 g/mol. The Balaban J connectivity index is 1.18. The molecule has 2 saturated heterocycles. The Kier molecular flexibility index (Phi) is 5.90. The molecule has 34 heavy (non-hydrogen) atoms. The van der Waals surface area contributed by atoms with Gasteiger partial charge in [-0.15, -0.1) is 0 Å². The predicted octanol–water partition coefficient (Wildman–Crippen LogP) is 2.49. The molecule has 182 valence electrons. The van der Waals surface area contributed by atoms with Crippen LogP contribution in [0, 0.1) is 12.3 Å². The molecule has 3 aliphatic heterocycles. The molecule has 9 heteroatoms. The van der Waals surface area contributed by atoms with Crippen LogP contribution in [-0.4, -0.2) is 68.4 Å². The van der Waals surface area contributed by atoms with Gasteiger partial charge in [0.25, 0.3) is 0 Å². The molecule has 8 nitrogen and oxygen atoms in total. The van der Waals surface area contributed by atoms with Gasteiger partial charge in [-0.25, -0.2) is 18.2 Å². The van der Waals surface area contributed by atoms with Gasteiger partial charge in [0.05, 0.1) is 23.6 Å². The highest BCUT2D eigenvalue weighted by atomic mass is 32.2. The van der Waals surface area contributed by atoms with Crippen molar-refractivity contribution >= 4 is 21.5 Å². The van der Waals surface area contributed by atoms with Crippen LogP contribution in [0.2, 0.25) is 0 Å². The van der Waals surface area contributed by atoms with Gasteiger partial charge in [-0.2, -0.15) is 0 Å². The number of anilines is 1. The number of rotatable bonds is 5. The number of aliphatic hydroxyl groups excluding tert-OH is 1. The van der Waals surface area contributed by atoms with Crippen molar-refractivity contribution in [3.8, 4) is 0 Å². The van der Waals surface area contributed by atoms with Gasteiger partial charge >= 0.3 is 5.97 Å². The molecule has 1 spiro atoms. The smallest absolute Gasteiger partial charge is 0.338 e. The van der Waals surface area contributed by atoms with Crippen LogP contribution in [0.1, 0.15) is 52.4 Å². The maximum atomic E-state index is 11.8. The summed E-state index contributed by atoms with van der Waals surface area (Å²) in [6.45, 7) is 6.57. The topological polar surface area (TPSA) is 100 Å². The van der Waals surface area contributed by atoms with Crippen molar-refractivity contribution in [3.05, 3.63) is 52.7 Å². The summed E-state index contributed by atoms with van der Waals surface area (Å²) in [7, 11) is -3.29. The number of piperidine rings is 1. The highest BCUT2D eigenvalue weighted by molar-refractivity contribution is 7.90. The molecule has 0 bridgehead atoms. The molecule has 0 radical (unpaired) electrons. The minimum atomic E-state index is -3.29. The van der Waals surface area contributed by atoms with Gasteiger partial charge in [-0.1, -0.05) is 6.07 Å². The number of β-amino-alcohol motifs (C(OH)–C–C–N with tert-alkyl or cyclic N) is 1. The zero-order valence-corrected chi connectivity index (χ0v) is 20.5. The summed E-state index contributed by atoms with van der Waals surface area (Å²) in [5.41, 5.74) is 4.54. The lowest BCUT2D eigenvalue weighted by Gasteiger charge is -2.40. The number of sulfone groups is 1. The second-order valence-electron chi connectivity index (χ2n) is 10.00. The number of nitrogens with zero attached hydrogens (tertiary/aromatic N) is 3. The molecule has 0 aliphatic carbocycles. The van der Waals surface area contributed by atoms with E-state index in [9.17, 15) is 18.3 Å². The van der Waals surface area contributed by atoms with Crippen LogP contribution in [0.25, 0.3) is 0 Å². The Morgan fingerprint density at radius 1 is 1.15 bits per heavy atom. The summed E-state index contributed by atoms with van der Waals surface area (Å²) < 4.78 is 28.5. The highest BCUT2D eigenvalue weighted by Crippen LogP contribution is 2.42. The first-order valence-corrected chi connectivity index (χ1v) is 13.7. The first kappa shape index (κ1) is 23.3. The van der Waals surface area contributed by atoms with Gasteiger partial charge in [0, 0.05) is 31.5 Å². The van der Waals surface area contributed by atoms with Crippen molar-refractivity contribution in [2.75, 3.05) is 43.9 Å². The predicted molar refractivity (Wildman–Crippen MR) is 128 cm³/mol. The lowest BCUT2D eigenvalue weighted by molar-refractivity contribution is 0.0534. The number of hydrogen-bond donors (Lipinski definition) is 1. The van der Waals surface area contributed by atoms with Gasteiger partial charge < -0.3 is 19.6 Å². The number of carbonyl (C=O) groups excluding carboxylic acids is 1. The molecule has 0 amide bonds. The lowest BCUT2D eigenvalue weighted by Crippen LogP contribution is -2.43. The quantitative estimate of drug-likeness (QED) is 0.645. The number of benzene rings is 1. The van der Waals surface area contributed by atoms with Gasteiger partial charge in [0.15, 0.2) is 14.9 Å². The van der Waals surface area contributed by atoms with Gasteiger partial charge in [0.1, 0.15) is 6.61 Å². The second-order valence-corrected chi connectivity index (χ2v) is 12.0. The van der Waals surface area contributed by atoms with Crippen molar-refractivity contribution in [2.24, 2.45) is 5.41 Å². The summed E-state index contributed by atoms with van der Waals surface area (Å²) in [5, 5.41) is 11.1. The first-order chi connectivity index (χ1) is 16.2. The van der Waals surface area contributed by atoms with Crippen LogP contribution >= 0.6 is 0 Å². The number of carbonyl (C=O) groups is 1. The molecule has 1 N–H and O–H groups in total. The van der Waals surface area contributed by atoms with Crippen LogP contribution in [0.3, 0.4) is 0 Å². The second kappa shape index (κ2) is 8.62. The molecular weight excluding hydrogens is 454 g/mol. The van der Waals surface area contributed by atoms with Crippen LogP contribution in [0.15, 0.2) is 35.5 Å². The normalized spacial score (nSPS) is 21.0. The number of likely N-dealkylation sites (tertiary alicyclic amines) is 1. The van der Waals surface area contributed by atoms with E-state index in [0.29, 0.717) is 12.1 Å². The number of aromatic nitrogens is 1. The summed E-state index contributed by atoms with van der Waals surface area (Å²) in [4.78, 5) is 20.6. The summed E-state index contributed by atoms with van der Waals surface area (Å²) in [5.74, 6) is -0.284. The van der Waals surface area contributed by atoms with Crippen molar-refractivity contribution in [1.29, 1.82) is 0 Å². The van der Waals surface area contributed by atoms with E-state index in [1.165, 1.54) is 6.26 Å². The fourth-order valence-corrected chi connectivity index (χ4v) is 6.18. The standard InChI is InChI=1S/C25H31N3O5S/c1-17-19(4-5-20-21(17)15-33-24(20)30)22(29)14-27-10-7-25(8-11-27)9-12-28(16-25)18-3-6-23(26-13-18)34(2,31)32/h3-6,13,22,29H,7-12,14-16H2,1-2H3. The average Bonchev–Trinajstić information content (AvgIpc) is 3.40. The fourth-order valence-electron chi connectivity index (χ4n) is 5.62. The Hall–Kier alpha value is -2.49. The minimum absolute atomic E-state index is 0.106. The van der Waals surface area contributed by atoms with E-state index in [2.05, 4.69) is 14.8 Å². The summed E-state index contributed by atoms with van der Waals surface area (Å²) >= 11 is 0. The Bertz CT molecular complexity index is 1200. The number of pyridine rings is 1. The molecule has 1 atom stereocenters. The van der Waals surface area contributed by atoms with Gasteiger partial charge in [0.2, 0.25) is 0 Å². The number of cyclic esters (lactones) is 1. The molecule has 1 aromatic heterocycles. The summed E-state index contributed by atoms with van der Waals surface area (Å²) in [6, 6.07) is 7.06. The Morgan fingerprint density at radius 3 is 2.56 bits per heavy atom.